The molecule has 0 aliphatic heterocycles. The Kier molecular flexibility index (Phi) is 6.54. The molecule has 2 aromatic rings. The van der Waals surface area contributed by atoms with Gasteiger partial charge in [-0.2, -0.15) is 0 Å². The van der Waals surface area contributed by atoms with Crippen LogP contribution >= 0.6 is 0 Å². The Morgan fingerprint density at radius 1 is 1.12 bits per heavy atom. The number of ether oxygens (including phenoxy) is 1. The van der Waals surface area contributed by atoms with Crippen molar-refractivity contribution in [2.75, 3.05) is 6.61 Å². The highest BCUT2D eigenvalue weighted by atomic mass is 16.5. The van der Waals surface area contributed by atoms with Crippen LogP contribution in [0.1, 0.15) is 45.4 Å². The standard InChI is InChI=1S/C18H26N4O4/c1-5-7-11-22-13(9-10-14(23)26-12-8-6-2)19-16-15(22)17(24)21(4)18(25)20(16)3/h9-10H,5-8,11-12H2,1-4H3/b10-9+. The van der Waals surface area contributed by atoms with E-state index in [4.69, 9.17) is 4.74 Å². The maximum atomic E-state index is 12.6. The molecule has 0 aliphatic rings. The molecule has 2 heterocycles. The molecule has 0 atom stereocenters. The van der Waals surface area contributed by atoms with Crippen molar-refractivity contribution in [1.29, 1.82) is 0 Å². The lowest BCUT2D eigenvalue weighted by molar-refractivity contribution is -0.137. The first-order valence-corrected chi connectivity index (χ1v) is 8.93. The maximum Gasteiger partial charge on any atom is 0.332 e. The first kappa shape index (κ1) is 19.7. The van der Waals surface area contributed by atoms with Gasteiger partial charge in [0.05, 0.1) is 6.61 Å². The van der Waals surface area contributed by atoms with Crippen molar-refractivity contribution >= 4 is 23.2 Å². The van der Waals surface area contributed by atoms with Crippen molar-refractivity contribution in [2.24, 2.45) is 14.1 Å². The van der Waals surface area contributed by atoms with E-state index in [0.717, 1.165) is 30.3 Å². The van der Waals surface area contributed by atoms with Gasteiger partial charge in [-0.05, 0) is 18.9 Å². The predicted molar refractivity (Wildman–Crippen MR) is 100 cm³/mol. The Bertz CT molecular complexity index is 933. The minimum absolute atomic E-state index is 0.313. The van der Waals surface area contributed by atoms with Crippen LogP contribution < -0.4 is 11.2 Å². The van der Waals surface area contributed by atoms with Crippen LogP contribution in [0.15, 0.2) is 15.7 Å². The van der Waals surface area contributed by atoms with Crippen LogP contribution in [-0.4, -0.2) is 31.3 Å². The molecule has 0 bridgehead atoms. The number of unbranched alkanes of at least 4 members (excludes halogenated alkanes) is 2. The molecule has 0 amide bonds. The van der Waals surface area contributed by atoms with Gasteiger partial charge in [0.25, 0.3) is 5.56 Å². The van der Waals surface area contributed by atoms with Gasteiger partial charge in [-0.3, -0.25) is 13.9 Å². The molecule has 0 unspecified atom stereocenters. The Balaban J connectivity index is 2.50. The van der Waals surface area contributed by atoms with Gasteiger partial charge in [0.2, 0.25) is 0 Å². The Hall–Kier alpha value is -2.64. The summed E-state index contributed by atoms with van der Waals surface area (Å²) in [6.45, 7) is 5.02. The summed E-state index contributed by atoms with van der Waals surface area (Å²) in [5.74, 6) is 0.00790. The number of fused-ring (bicyclic) bond motifs is 1. The summed E-state index contributed by atoms with van der Waals surface area (Å²) >= 11 is 0. The smallest absolute Gasteiger partial charge is 0.332 e. The van der Waals surface area contributed by atoms with Crippen LogP contribution in [0.4, 0.5) is 0 Å². The fraction of sp³-hybridized carbons (Fsp3) is 0.556. The van der Waals surface area contributed by atoms with E-state index in [9.17, 15) is 14.4 Å². The minimum Gasteiger partial charge on any atom is -0.463 e. The third kappa shape index (κ3) is 3.95. The lowest BCUT2D eigenvalue weighted by Crippen LogP contribution is -2.37. The Morgan fingerprint density at radius 2 is 1.81 bits per heavy atom. The highest BCUT2D eigenvalue weighted by Crippen LogP contribution is 2.14. The number of aryl methyl sites for hydroxylation is 2. The molecule has 0 spiro atoms. The summed E-state index contributed by atoms with van der Waals surface area (Å²) < 4.78 is 9.27. The van der Waals surface area contributed by atoms with Crippen LogP contribution in [0, 0.1) is 0 Å². The molecule has 2 aromatic heterocycles. The minimum atomic E-state index is -0.450. The molecule has 0 saturated carbocycles. The number of imidazole rings is 1. The van der Waals surface area contributed by atoms with E-state index in [1.807, 2.05) is 13.8 Å². The third-order valence-corrected chi connectivity index (χ3v) is 4.22. The SMILES string of the molecule is CCCCOC(=O)/C=C/c1nc2c(c(=O)n(C)c(=O)n2C)n1CCCC. The average molecular weight is 362 g/mol. The van der Waals surface area contributed by atoms with Gasteiger partial charge in [0, 0.05) is 26.7 Å². The Labute approximate surface area is 151 Å². The maximum absolute atomic E-state index is 12.6. The molecule has 26 heavy (non-hydrogen) atoms. The summed E-state index contributed by atoms with van der Waals surface area (Å²) in [6.07, 6.45) is 6.39. The van der Waals surface area contributed by atoms with Crippen LogP contribution in [0.5, 0.6) is 0 Å². The second kappa shape index (κ2) is 8.64. The van der Waals surface area contributed by atoms with E-state index in [-0.39, 0.29) is 0 Å². The zero-order valence-electron chi connectivity index (χ0n) is 15.8. The molecule has 2 rings (SSSR count). The number of carbonyl (C=O) groups is 1. The lowest BCUT2D eigenvalue weighted by Gasteiger charge is -2.07. The van der Waals surface area contributed by atoms with Gasteiger partial charge in [-0.25, -0.2) is 14.6 Å². The predicted octanol–water partition coefficient (Wildman–Crippen LogP) is 1.59. The molecule has 0 N–H and O–H groups in total. The molecule has 0 aromatic carbocycles. The van der Waals surface area contributed by atoms with E-state index in [1.54, 1.807) is 11.6 Å². The topological polar surface area (TPSA) is 88.1 Å². The lowest BCUT2D eigenvalue weighted by atomic mass is 10.3. The zero-order valence-corrected chi connectivity index (χ0v) is 15.8. The van der Waals surface area contributed by atoms with E-state index < -0.39 is 17.2 Å². The molecule has 8 nitrogen and oxygen atoms in total. The number of esters is 1. The summed E-state index contributed by atoms with van der Waals surface area (Å²) in [6, 6.07) is 0. The van der Waals surface area contributed by atoms with E-state index in [0.29, 0.717) is 30.1 Å². The second-order valence-corrected chi connectivity index (χ2v) is 6.21. The Morgan fingerprint density at radius 3 is 2.46 bits per heavy atom. The normalized spacial score (nSPS) is 11.5. The summed E-state index contributed by atoms with van der Waals surface area (Å²) in [7, 11) is 3.02. The number of hydrogen-bond donors (Lipinski definition) is 0. The van der Waals surface area contributed by atoms with Crippen molar-refractivity contribution in [3.8, 4) is 0 Å². The first-order chi connectivity index (χ1) is 12.4. The number of hydrogen-bond acceptors (Lipinski definition) is 5. The number of carbonyl (C=O) groups excluding carboxylic acids is 1. The third-order valence-electron chi connectivity index (χ3n) is 4.22. The van der Waals surface area contributed by atoms with Gasteiger partial charge >= 0.3 is 11.7 Å². The molecular weight excluding hydrogens is 336 g/mol. The van der Waals surface area contributed by atoms with E-state index >= 15 is 0 Å². The molecule has 0 saturated heterocycles. The highest BCUT2D eigenvalue weighted by Gasteiger charge is 2.17. The average Bonchev–Trinajstić information content (AvgIpc) is 3.00. The van der Waals surface area contributed by atoms with Crippen molar-refractivity contribution < 1.29 is 9.53 Å². The summed E-state index contributed by atoms with van der Waals surface area (Å²) in [5, 5.41) is 0. The van der Waals surface area contributed by atoms with Crippen molar-refractivity contribution in [3.63, 3.8) is 0 Å². The summed E-state index contributed by atoms with van der Waals surface area (Å²) in [4.78, 5) is 40.9. The van der Waals surface area contributed by atoms with Crippen LogP contribution in [0.3, 0.4) is 0 Å². The molecule has 0 aliphatic carbocycles. The quantitative estimate of drug-likeness (QED) is 0.404. The molecule has 0 radical (unpaired) electrons. The van der Waals surface area contributed by atoms with Crippen LogP contribution in [-0.2, 0) is 30.2 Å². The fourth-order valence-corrected chi connectivity index (χ4v) is 2.64. The largest absolute Gasteiger partial charge is 0.463 e. The zero-order chi connectivity index (χ0) is 19.3. The molecular formula is C18H26N4O4. The second-order valence-electron chi connectivity index (χ2n) is 6.21. The molecule has 142 valence electrons. The van der Waals surface area contributed by atoms with Crippen LogP contribution in [0.2, 0.25) is 0 Å². The summed E-state index contributed by atoms with van der Waals surface area (Å²) in [5.41, 5.74) is -0.149. The number of aromatic nitrogens is 4. The van der Waals surface area contributed by atoms with E-state index in [1.165, 1.54) is 23.8 Å². The van der Waals surface area contributed by atoms with Crippen molar-refractivity contribution in [1.82, 2.24) is 18.7 Å². The molecule has 0 fully saturated rings. The highest BCUT2D eigenvalue weighted by molar-refractivity contribution is 5.87. The van der Waals surface area contributed by atoms with Gasteiger partial charge in [0.1, 0.15) is 5.82 Å². The van der Waals surface area contributed by atoms with Gasteiger partial charge in [-0.15, -0.1) is 0 Å². The van der Waals surface area contributed by atoms with Crippen molar-refractivity contribution in [3.05, 3.63) is 32.7 Å². The number of nitrogens with zero attached hydrogens (tertiary/aromatic N) is 4. The fourth-order valence-electron chi connectivity index (χ4n) is 2.64. The van der Waals surface area contributed by atoms with Gasteiger partial charge in [-0.1, -0.05) is 26.7 Å². The number of rotatable bonds is 8. The van der Waals surface area contributed by atoms with Crippen molar-refractivity contribution in [2.45, 2.75) is 46.1 Å². The van der Waals surface area contributed by atoms with Gasteiger partial charge in [0.15, 0.2) is 11.2 Å². The van der Waals surface area contributed by atoms with Crippen LogP contribution in [0.25, 0.3) is 17.2 Å². The van der Waals surface area contributed by atoms with Gasteiger partial charge < -0.3 is 9.30 Å². The van der Waals surface area contributed by atoms with E-state index in [2.05, 4.69) is 4.98 Å². The molecule has 8 heteroatoms. The monoisotopic (exact) mass is 362 g/mol. The first-order valence-electron chi connectivity index (χ1n) is 8.93.